The van der Waals surface area contributed by atoms with Crippen LogP contribution < -0.4 is 0 Å². The number of hydrogen-bond acceptors (Lipinski definition) is 4. The smallest absolute Gasteiger partial charge is 0.254 e. The van der Waals surface area contributed by atoms with Gasteiger partial charge in [0.15, 0.2) is 5.65 Å². The molecule has 122 valence electrons. The van der Waals surface area contributed by atoms with Crippen molar-refractivity contribution in [3.05, 3.63) is 41.6 Å². The molecule has 0 bridgehead atoms. The highest BCUT2D eigenvalue weighted by Gasteiger charge is 2.24. The number of rotatable bonds is 2. The number of benzene rings is 1. The van der Waals surface area contributed by atoms with E-state index in [1.165, 1.54) is 0 Å². The summed E-state index contributed by atoms with van der Waals surface area (Å²) in [5.74, 6) is 0.230. The van der Waals surface area contributed by atoms with Crippen LogP contribution in [0.4, 0.5) is 0 Å². The van der Waals surface area contributed by atoms with E-state index in [1.54, 1.807) is 24.3 Å². The van der Waals surface area contributed by atoms with Gasteiger partial charge in [0.1, 0.15) is 5.75 Å². The van der Waals surface area contributed by atoms with Crippen molar-refractivity contribution in [3.63, 3.8) is 0 Å². The van der Waals surface area contributed by atoms with Crippen molar-refractivity contribution in [2.45, 2.75) is 19.8 Å². The van der Waals surface area contributed by atoms with E-state index in [9.17, 15) is 9.90 Å². The van der Waals surface area contributed by atoms with E-state index >= 15 is 0 Å². The number of phenolic OH excluding ortho intramolecular Hbond substituents is 1. The summed E-state index contributed by atoms with van der Waals surface area (Å²) < 4.78 is 0. The summed E-state index contributed by atoms with van der Waals surface area (Å²) in [6.07, 6.45) is 2.10. The number of phenols is 1. The molecule has 3 heterocycles. The molecule has 2 aromatic heterocycles. The number of carbonyl (C=O) groups is 1. The molecule has 6 nitrogen and oxygen atoms in total. The Kier molecular flexibility index (Phi) is 3.45. The fraction of sp³-hybridized carbons (Fsp3) is 0.278. The molecule has 1 fully saturated rings. The van der Waals surface area contributed by atoms with Crippen molar-refractivity contribution in [1.29, 1.82) is 0 Å². The summed E-state index contributed by atoms with van der Waals surface area (Å²) in [5, 5.41) is 17.4. The maximum absolute atomic E-state index is 13.0. The zero-order valence-electron chi connectivity index (χ0n) is 13.4. The lowest BCUT2D eigenvalue weighted by atomic mass is 10.0. The number of nitrogens with zero attached hydrogens (tertiary/aromatic N) is 3. The molecule has 1 amide bonds. The first-order valence-corrected chi connectivity index (χ1v) is 8.08. The van der Waals surface area contributed by atoms with Crippen LogP contribution in [0.1, 0.15) is 28.9 Å². The van der Waals surface area contributed by atoms with Crippen LogP contribution in [0.25, 0.3) is 22.3 Å². The van der Waals surface area contributed by atoms with Crippen LogP contribution in [-0.2, 0) is 0 Å². The quantitative estimate of drug-likeness (QED) is 0.760. The van der Waals surface area contributed by atoms with Crippen molar-refractivity contribution in [3.8, 4) is 17.0 Å². The van der Waals surface area contributed by atoms with Gasteiger partial charge in [0.05, 0.1) is 16.6 Å². The van der Waals surface area contributed by atoms with Crippen LogP contribution in [0.2, 0.25) is 0 Å². The standard InChI is InChI=1S/C18H18N4O2/c1-11-16-14(18(24)22-8-2-3-9-22)10-15(19-17(16)21-20-11)12-4-6-13(23)7-5-12/h4-7,10,23H,2-3,8-9H2,1H3,(H,19,20,21). The van der Waals surface area contributed by atoms with E-state index < -0.39 is 0 Å². The maximum Gasteiger partial charge on any atom is 0.254 e. The highest BCUT2D eigenvalue weighted by atomic mass is 16.3. The van der Waals surface area contributed by atoms with Crippen molar-refractivity contribution >= 4 is 16.9 Å². The summed E-state index contributed by atoms with van der Waals surface area (Å²) >= 11 is 0. The first kappa shape index (κ1) is 14.7. The number of carbonyl (C=O) groups excluding carboxylic acids is 1. The molecular formula is C18H18N4O2. The lowest BCUT2D eigenvalue weighted by Gasteiger charge is -2.16. The first-order chi connectivity index (χ1) is 11.6. The molecule has 6 heteroatoms. The number of pyridine rings is 1. The molecule has 0 aliphatic carbocycles. The van der Waals surface area contributed by atoms with Gasteiger partial charge in [-0.05, 0) is 50.1 Å². The second kappa shape index (κ2) is 5.63. The number of aromatic hydroxyl groups is 1. The third-order valence-corrected chi connectivity index (χ3v) is 4.49. The number of H-pyrrole nitrogens is 1. The number of hydrogen-bond donors (Lipinski definition) is 2. The molecule has 2 N–H and O–H groups in total. The van der Waals surface area contributed by atoms with Gasteiger partial charge in [0.25, 0.3) is 5.91 Å². The zero-order valence-corrected chi connectivity index (χ0v) is 13.4. The Bertz CT molecular complexity index is 909. The van der Waals surface area contributed by atoms with Crippen molar-refractivity contribution in [2.24, 2.45) is 0 Å². The Morgan fingerprint density at radius 3 is 2.62 bits per heavy atom. The van der Waals surface area contributed by atoms with Gasteiger partial charge >= 0.3 is 0 Å². The van der Waals surface area contributed by atoms with Crippen LogP contribution in [0.5, 0.6) is 5.75 Å². The average molecular weight is 322 g/mol. The Balaban J connectivity index is 1.88. The predicted octanol–water partition coefficient (Wildman–Crippen LogP) is 2.87. The topological polar surface area (TPSA) is 82.1 Å². The van der Waals surface area contributed by atoms with Crippen molar-refractivity contribution < 1.29 is 9.90 Å². The molecule has 3 aromatic rings. The fourth-order valence-electron chi connectivity index (χ4n) is 3.21. The molecule has 24 heavy (non-hydrogen) atoms. The lowest BCUT2D eigenvalue weighted by molar-refractivity contribution is 0.0794. The van der Waals surface area contributed by atoms with Gasteiger partial charge in [-0.1, -0.05) is 0 Å². The minimum Gasteiger partial charge on any atom is -0.508 e. The second-order valence-corrected chi connectivity index (χ2v) is 6.15. The number of aromatic amines is 1. The Hall–Kier alpha value is -2.89. The molecular weight excluding hydrogens is 304 g/mol. The first-order valence-electron chi connectivity index (χ1n) is 8.08. The normalized spacial score (nSPS) is 14.5. The van der Waals surface area contributed by atoms with Gasteiger partial charge in [-0.25, -0.2) is 4.98 Å². The van der Waals surface area contributed by atoms with E-state index in [2.05, 4.69) is 15.2 Å². The number of aromatic nitrogens is 3. The highest BCUT2D eigenvalue weighted by Crippen LogP contribution is 2.28. The summed E-state index contributed by atoms with van der Waals surface area (Å²) in [6.45, 7) is 3.50. The van der Waals surface area contributed by atoms with E-state index in [4.69, 9.17) is 0 Å². The number of fused-ring (bicyclic) bond motifs is 1. The summed E-state index contributed by atoms with van der Waals surface area (Å²) in [5.41, 5.74) is 3.54. The van der Waals surface area contributed by atoms with Crippen molar-refractivity contribution in [1.82, 2.24) is 20.1 Å². The number of likely N-dealkylation sites (tertiary alicyclic amines) is 1. The van der Waals surface area contributed by atoms with Crippen LogP contribution in [-0.4, -0.2) is 44.2 Å². The second-order valence-electron chi connectivity index (χ2n) is 6.15. The van der Waals surface area contributed by atoms with Gasteiger partial charge in [0, 0.05) is 24.3 Å². The summed E-state index contributed by atoms with van der Waals surface area (Å²) in [6, 6.07) is 8.62. The molecule has 0 saturated carbocycles. The lowest BCUT2D eigenvalue weighted by Crippen LogP contribution is -2.28. The fourth-order valence-corrected chi connectivity index (χ4v) is 3.21. The van der Waals surface area contributed by atoms with Crippen LogP contribution >= 0.6 is 0 Å². The zero-order chi connectivity index (χ0) is 16.7. The van der Waals surface area contributed by atoms with E-state index in [1.807, 2.05) is 17.9 Å². The number of amides is 1. The molecule has 0 unspecified atom stereocenters. The highest BCUT2D eigenvalue weighted by molar-refractivity contribution is 6.07. The largest absolute Gasteiger partial charge is 0.508 e. The molecule has 1 aliphatic rings. The van der Waals surface area contributed by atoms with Gasteiger partial charge < -0.3 is 10.0 Å². The molecule has 0 spiro atoms. The third-order valence-electron chi connectivity index (χ3n) is 4.49. The van der Waals surface area contributed by atoms with E-state index in [0.717, 1.165) is 42.6 Å². The minimum absolute atomic E-state index is 0.0319. The van der Waals surface area contributed by atoms with E-state index in [0.29, 0.717) is 16.9 Å². The van der Waals surface area contributed by atoms with Crippen LogP contribution in [0, 0.1) is 6.92 Å². The molecule has 0 radical (unpaired) electrons. The predicted molar refractivity (Wildman–Crippen MR) is 90.9 cm³/mol. The Morgan fingerprint density at radius 2 is 1.92 bits per heavy atom. The summed E-state index contributed by atoms with van der Waals surface area (Å²) in [4.78, 5) is 19.4. The van der Waals surface area contributed by atoms with Crippen molar-refractivity contribution in [2.75, 3.05) is 13.1 Å². The monoisotopic (exact) mass is 322 g/mol. The van der Waals surface area contributed by atoms with Crippen LogP contribution in [0.3, 0.4) is 0 Å². The summed E-state index contributed by atoms with van der Waals surface area (Å²) in [7, 11) is 0. The van der Waals surface area contributed by atoms with E-state index in [-0.39, 0.29) is 11.7 Å². The molecule has 0 atom stereocenters. The van der Waals surface area contributed by atoms with Gasteiger partial charge in [-0.3, -0.25) is 9.89 Å². The third kappa shape index (κ3) is 2.40. The Morgan fingerprint density at radius 1 is 1.21 bits per heavy atom. The molecule has 1 saturated heterocycles. The number of nitrogens with one attached hydrogen (secondary N) is 1. The average Bonchev–Trinajstić information content (AvgIpc) is 3.24. The van der Waals surface area contributed by atoms with Crippen LogP contribution in [0.15, 0.2) is 30.3 Å². The molecule has 1 aromatic carbocycles. The van der Waals surface area contributed by atoms with Gasteiger partial charge in [0.2, 0.25) is 0 Å². The minimum atomic E-state index is 0.0319. The van der Waals surface area contributed by atoms with Gasteiger partial charge in [-0.2, -0.15) is 5.10 Å². The maximum atomic E-state index is 13.0. The SMILES string of the molecule is Cc1[nH]nc2nc(-c3ccc(O)cc3)cc(C(=O)N3CCCC3)c12. The van der Waals surface area contributed by atoms with Gasteiger partial charge in [-0.15, -0.1) is 0 Å². The molecule has 1 aliphatic heterocycles. The number of aryl methyl sites for hydroxylation is 1. The Labute approximate surface area is 139 Å². The molecule has 4 rings (SSSR count).